The second-order valence-electron chi connectivity index (χ2n) is 6.60. The van der Waals surface area contributed by atoms with Gasteiger partial charge in [0.1, 0.15) is 23.6 Å². The van der Waals surface area contributed by atoms with Crippen LogP contribution in [0, 0.1) is 0 Å². The van der Waals surface area contributed by atoms with Gasteiger partial charge in [0.2, 0.25) is 0 Å². The molecule has 0 saturated carbocycles. The standard InChI is InChI=1S/C21H19N5O2/c22-17(21(27)28)10-14-6-8-16(9-7-14)18-19-20(24-12-23-18)26(13-25-19)11-15-4-2-1-3-5-15/h1-9,12-13,17H,10-11,22H2,(H,27,28)/t17-/m0/s1. The molecule has 0 saturated heterocycles. The van der Waals surface area contributed by atoms with Crippen LogP contribution in [0.25, 0.3) is 22.4 Å². The lowest BCUT2D eigenvalue weighted by Gasteiger charge is -2.08. The summed E-state index contributed by atoms with van der Waals surface area (Å²) in [6.07, 6.45) is 3.59. The lowest BCUT2D eigenvalue weighted by atomic mass is 10.0. The van der Waals surface area contributed by atoms with Crippen LogP contribution < -0.4 is 5.73 Å². The summed E-state index contributed by atoms with van der Waals surface area (Å²) >= 11 is 0. The zero-order valence-electron chi connectivity index (χ0n) is 15.1. The Morgan fingerprint density at radius 1 is 1.00 bits per heavy atom. The van der Waals surface area contributed by atoms with Crippen molar-refractivity contribution in [3.05, 3.63) is 78.4 Å². The first-order valence-electron chi connectivity index (χ1n) is 8.89. The van der Waals surface area contributed by atoms with Crippen molar-refractivity contribution >= 4 is 17.1 Å². The van der Waals surface area contributed by atoms with Gasteiger partial charge in [0, 0.05) is 5.56 Å². The number of aromatic nitrogens is 4. The van der Waals surface area contributed by atoms with E-state index in [1.54, 1.807) is 6.33 Å². The Hall–Kier alpha value is -3.58. The first-order chi connectivity index (χ1) is 13.6. The predicted octanol–water partition coefficient (Wildman–Crippen LogP) is 2.50. The summed E-state index contributed by atoms with van der Waals surface area (Å²) in [4.78, 5) is 24.3. The van der Waals surface area contributed by atoms with Gasteiger partial charge in [-0.3, -0.25) is 4.79 Å². The van der Waals surface area contributed by atoms with Crippen molar-refractivity contribution in [3.63, 3.8) is 0 Å². The molecular formula is C21H19N5O2. The fourth-order valence-corrected chi connectivity index (χ4v) is 3.13. The van der Waals surface area contributed by atoms with Gasteiger partial charge < -0.3 is 15.4 Å². The summed E-state index contributed by atoms with van der Waals surface area (Å²) in [5, 5.41) is 8.95. The molecule has 2 aromatic heterocycles. The van der Waals surface area contributed by atoms with Crippen molar-refractivity contribution < 1.29 is 9.90 Å². The zero-order valence-corrected chi connectivity index (χ0v) is 15.1. The van der Waals surface area contributed by atoms with Gasteiger partial charge in [-0.25, -0.2) is 15.0 Å². The molecular weight excluding hydrogens is 354 g/mol. The lowest BCUT2D eigenvalue weighted by Crippen LogP contribution is -2.32. The number of rotatable bonds is 6. The largest absolute Gasteiger partial charge is 0.480 e. The number of nitrogens with two attached hydrogens (primary N) is 1. The van der Waals surface area contributed by atoms with Gasteiger partial charge in [0.15, 0.2) is 5.65 Å². The van der Waals surface area contributed by atoms with Crippen molar-refractivity contribution in [2.24, 2.45) is 5.73 Å². The molecule has 1 atom stereocenters. The smallest absolute Gasteiger partial charge is 0.320 e. The maximum Gasteiger partial charge on any atom is 0.320 e. The number of carboxylic acid groups (broad SMARTS) is 1. The number of benzene rings is 2. The van der Waals surface area contributed by atoms with E-state index in [1.165, 1.54) is 11.9 Å². The first kappa shape index (κ1) is 17.8. The second-order valence-corrected chi connectivity index (χ2v) is 6.60. The molecule has 4 aromatic rings. The molecule has 0 unspecified atom stereocenters. The molecule has 0 amide bonds. The van der Waals surface area contributed by atoms with E-state index in [9.17, 15) is 4.79 Å². The van der Waals surface area contributed by atoms with Crippen LogP contribution >= 0.6 is 0 Å². The number of carbonyl (C=O) groups is 1. The number of nitrogens with zero attached hydrogens (tertiary/aromatic N) is 4. The van der Waals surface area contributed by atoms with E-state index in [2.05, 4.69) is 27.1 Å². The van der Waals surface area contributed by atoms with Crippen LogP contribution in [0.3, 0.4) is 0 Å². The monoisotopic (exact) mass is 373 g/mol. The minimum atomic E-state index is -1.01. The number of carboxylic acids is 1. The minimum Gasteiger partial charge on any atom is -0.480 e. The van der Waals surface area contributed by atoms with Crippen LogP contribution in [-0.4, -0.2) is 36.6 Å². The van der Waals surface area contributed by atoms with E-state index in [4.69, 9.17) is 10.8 Å². The Bertz CT molecular complexity index is 1110. The molecule has 0 spiro atoms. The number of fused-ring (bicyclic) bond motifs is 1. The average molecular weight is 373 g/mol. The quantitative estimate of drug-likeness (QED) is 0.538. The van der Waals surface area contributed by atoms with Gasteiger partial charge in [-0.15, -0.1) is 0 Å². The average Bonchev–Trinajstić information content (AvgIpc) is 3.12. The number of hydrogen-bond acceptors (Lipinski definition) is 5. The minimum absolute atomic E-state index is 0.278. The fourth-order valence-electron chi connectivity index (χ4n) is 3.13. The second kappa shape index (κ2) is 7.58. The molecule has 0 fully saturated rings. The van der Waals surface area contributed by atoms with E-state index in [1.807, 2.05) is 47.0 Å². The Kier molecular flexibility index (Phi) is 4.82. The van der Waals surface area contributed by atoms with E-state index in [0.717, 1.165) is 28.0 Å². The molecule has 3 N–H and O–H groups in total. The van der Waals surface area contributed by atoms with E-state index in [-0.39, 0.29) is 6.42 Å². The highest BCUT2D eigenvalue weighted by atomic mass is 16.4. The molecule has 2 heterocycles. The number of aliphatic carboxylic acids is 1. The first-order valence-corrected chi connectivity index (χ1v) is 8.89. The van der Waals surface area contributed by atoms with Crippen molar-refractivity contribution in [2.75, 3.05) is 0 Å². The lowest BCUT2D eigenvalue weighted by molar-refractivity contribution is -0.138. The summed E-state index contributed by atoms with van der Waals surface area (Å²) in [6, 6.07) is 16.8. The molecule has 7 nitrogen and oxygen atoms in total. The van der Waals surface area contributed by atoms with Gasteiger partial charge in [0.05, 0.1) is 12.9 Å². The maximum atomic E-state index is 10.9. The van der Waals surface area contributed by atoms with Gasteiger partial charge in [-0.2, -0.15) is 0 Å². The Labute approximate surface area is 161 Å². The Morgan fingerprint density at radius 2 is 1.75 bits per heavy atom. The zero-order chi connectivity index (χ0) is 19.5. The van der Waals surface area contributed by atoms with Crippen LogP contribution in [0.4, 0.5) is 0 Å². The van der Waals surface area contributed by atoms with E-state index < -0.39 is 12.0 Å². The summed E-state index contributed by atoms with van der Waals surface area (Å²) in [6.45, 7) is 0.680. The molecule has 0 radical (unpaired) electrons. The molecule has 0 aliphatic rings. The summed E-state index contributed by atoms with van der Waals surface area (Å²) < 4.78 is 2.00. The highest BCUT2D eigenvalue weighted by molar-refractivity contribution is 5.87. The Morgan fingerprint density at radius 3 is 2.46 bits per heavy atom. The molecule has 140 valence electrons. The maximum absolute atomic E-state index is 10.9. The van der Waals surface area contributed by atoms with Gasteiger partial charge in [-0.1, -0.05) is 54.6 Å². The van der Waals surface area contributed by atoms with Crippen LogP contribution in [0.1, 0.15) is 11.1 Å². The fraction of sp³-hybridized carbons (Fsp3) is 0.143. The van der Waals surface area contributed by atoms with Crippen molar-refractivity contribution in [2.45, 2.75) is 19.0 Å². The number of imidazole rings is 1. The summed E-state index contributed by atoms with van der Waals surface area (Å²) in [5.41, 5.74) is 10.8. The Balaban J connectivity index is 1.63. The summed E-state index contributed by atoms with van der Waals surface area (Å²) in [5.74, 6) is -1.01. The third kappa shape index (κ3) is 3.60. The normalized spacial score (nSPS) is 12.2. The molecule has 0 aliphatic heterocycles. The molecule has 0 bridgehead atoms. The van der Waals surface area contributed by atoms with E-state index >= 15 is 0 Å². The van der Waals surface area contributed by atoms with Gasteiger partial charge in [-0.05, 0) is 17.5 Å². The summed E-state index contributed by atoms with van der Waals surface area (Å²) in [7, 11) is 0. The molecule has 0 aliphatic carbocycles. The highest BCUT2D eigenvalue weighted by Crippen LogP contribution is 2.25. The topological polar surface area (TPSA) is 107 Å². The molecule has 7 heteroatoms. The van der Waals surface area contributed by atoms with Crippen LogP contribution in [0.5, 0.6) is 0 Å². The van der Waals surface area contributed by atoms with Crippen LogP contribution in [0.15, 0.2) is 67.3 Å². The highest BCUT2D eigenvalue weighted by Gasteiger charge is 2.14. The predicted molar refractivity (Wildman–Crippen MR) is 106 cm³/mol. The van der Waals surface area contributed by atoms with Gasteiger partial charge in [0.25, 0.3) is 0 Å². The van der Waals surface area contributed by atoms with Crippen molar-refractivity contribution in [1.82, 2.24) is 19.5 Å². The third-order valence-electron chi connectivity index (χ3n) is 4.60. The van der Waals surface area contributed by atoms with Gasteiger partial charge >= 0.3 is 5.97 Å². The van der Waals surface area contributed by atoms with Crippen molar-refractivity contribution in [1.29, 1.82) is 0 Å². The molecule has 2 aromatic carbocycles. The molecule has 28 heavy (non-hydrogen) atoms. The third-order valence-corrected chi connectivity index (χ3v) is 4.60. The van der Waals surface area contributed by atoms with Crippen LogP contribution in [-0.2, 0) is 17.8 Å². The molecule has 4 rings (SSSR count). The van der Waals surface area contributed by atoms with Crippen LogP contribution in [0.2, 0.25) is 0 Å². The SMILES string of the molecule is N[C@@H](Cc1ccc(-c2ncnc3c2ncn3Cc2ccccc2)cc1)C(=O)O. The number of hydrogen-bond donors (Lipinski definition) is 2. The van der Waals surface area contributed by atoms with Crippen molar-refractivity contribution in [3.8, 4) is 11.3 Å². The van der Waals surface area contributed by atoms with E-state index in [0.29, 0.717) is 6.54 Å².